The highest BCUT2D eigenvalue weighted by Crippen LogP contribution is 2.22. The Morgan fingerprint density at radius 1 is 1.31 bits per heavy atom. The molecule has 2 aromatic rings. The van der Waals surface area contributed by atoms with Crippen molar-refractivity contribution in [3.8, 4) is 6.07 Å². The van der Waals surface area contributed by atoms with Gasteiger partial charge in [-0.3, -0.25) is 14.0 Å². The van der Waals surface area contributed by atoms with Crippen LogP contribution in [0.5, 0.6) is 0 Å². The number of carbonyl (C=O) groups excluding carboxylic acids is 1. The van der Waals surface area contributed by atoms with E-state index in [2.05, 4.69) is 10.2 Å². The number of rotatable bonds is 6. The van der Waals surface area contributed by atoms with Crippen LogP contribution < -0.4 is 15.8 Å². The normalized spacial score (nSPS) is 15.0. The van der Waals surface area contributed by atoms with Gasteiger partial charge in [0.1, 0.15) is 23.1 Å². The summed E-state index contributed by atoms with van der Waals surface area (Å²) in [5.74, 6) is -0.00975. The Balaban J connectivity index is 2.09. The van der Waals surface area contributed by atoms with Crippen LogP contribution in [0.3, 0.4) is 0 Å². The zero-order chi connectivity index (χ0) is 20.6. The summed E-state index contributed by atoms with van der Waals surface area (Å²) in [6.07, 6.45) is 7.30. The van der Waals surface area contributed by atoms with E-state index in [0.29, 0.717) is 18.1 Å². The van der Waals surface area contributed by atoms with E-state index in [1.165, 1.54) is 17.6 Å². The molecule has 0 spiro atoms. The molecule has 8 heteroatoms. The molecule has 0 radical (unpaired) electrons. The highest BCUT2D eigenvalue weighted by Gasteiger charge is 2.20. The minimum atomic E-state index is -0.538. The molecule has 3 heterocycles. The van der Waals surface area contributed by atoms with E-state index in [9.17, 15) is 14.9 Å². The van der Waals surface area contributed by atoms with Crippen molar-refractivity contribution in [1.82, 2.24) is 14.7 Å². The molecule has 0 atom stereocenters. The summed E-state index contributed by atoms with van der Waals surface area (Å²) in [6.45, 7) is 2.20. The van der Waals surface area contributed by atoms with E-state index in [-0.39, 0.29) is 23.2 Å². The van der Waals surface area contributed by atoms with E-state index in [1.54, 1.807) is 18.3 Å². The monoisotopic (exact) mass is 395 g/mol. The third-order valence-corrected chi connectivity index (χ3v) is 4.90. The number of carbonyl (C=O) groups is 1. The van der Waals surface area contributed by atoms with Gasteiger partial charge < -0.3 is 15.0 Å². The number of nitrogens with one attached hydrogen (secondary N) is 1. The van der Waals surface area contributed by atoms with Gasteiger partial charge in [-0.2, -0.15) is 5.26 Å². The van der Waals surface area contributed by atoms with Gasteiger partial charge in [-0.1, -0.05) is 18.9 Å². The van der Waals surface area contributed by atoms with Crippen LogP contribution >= 0.6 is 0 Å². The summed E-state index contributed by atoms with van der Waals surface area (Å²) in [5, 5.41) is 12.1. The van der Waals surface area contributed by atoms with E-state index in [1.807, 2.05) is 12.1 Å². The van der Waals surface area contributed by atoms with Crippen molar-refractivity contribution < 1.29 is 9.53 Å². The van der Waals surface area contributed by atoms with Crippen molar-refractivity contribution >= 4 is 23.4 Å². The molecule has 0 aromatic carbocycles. The van der Waals surface area contributed by atoms with Gasteiger partial charge in [0.15, 0.2) is 0 Å². The van der Waals surface area contributed by atoms with Crippen LogP contribution in [0.25, 0.3) is 11.7 Å². The standard InChI is InChI=1S/C21H25N5O3/c1-29-13-9-23-20(27)16(15-22)14-17-19(25-10-5-2-3-6-11-25)24-18-8-4-7-12-26(18)21(17)28/h4,7-8,12,14H,2-3,5-6,9-11,13H2,1H3,(H,23,27)/b16-14+. The molecule has 1 N–H and O–H groups in total. The Labute approximate surface area is 169 Å². The molecule has 1 amide bonds. The minimum absolute atomic E-state index is 0.132. The zero-order valence-electron chi connectivity index (χ0n) is 16.6. The summed E-state index contributed by atoms with van der Waals surface area (Å²) >= 11 is 0. The maximum atomic E-state index is 13.2. The molecule has 3 rings (SSSR count). The Morgan fingerprint density at radius 3 is 2.76 bits per heavy atom. The number of fused-ring (bicyclic) bond motifs is 1. The Hall–Kier alpha value is -3.18. The van der Waals surface area contributed by atoms with Crippen LogP contribution in [0.15, 0.2) is 34.8 Å². The second kappa shape index (κ2) is 9.85. The number of nitrogens with zero attached hydrogens (tertiary/aromatic N) is 4. The third-order valence-electron chi connectivity index (χ3n) is 4.90. The summed E-state index contributed by atoms with van der Waals surface area (Å²) in [4.78, 5) is 32.4. The molecule has 0 saturated carbocycles. The fraction of sp³-hybridized carbons (Fsp3) is 0.429. The lowest BCUT2D eigenvalue weighted by molar-refractivity contribution is -0.117. The van der Waals surface area contributed by atoms with Crippen LogP contribution in [-0.4, -0.2) is 48.6 Å². The molecule has 2 aromatic heterocycles. The van der Waals surface area contributed by atoms with Crippen molar-refractivity contribution in [3.63, 3.8) is 0 Å². The second-order valence-corrected chi connectivity index (χ2v) is 6.90. The van der Waals surface area contributed by atoms with Crippen molar-refractivity contribution in [2.45, 2.75) is 25.7 Å². The van der Waals surface area contributed by atoms with E-state index >= 15 is 0 Å². The van der Waals surface area contributed by atoms with Gasteiger partial charge in [0, 0.05) is 32.9 Å². The average Bonchev–Trinajstić information content (AvgIpc) is 3.02. The number of pyridine rings is 1. The fourth-order valence-electron chi connectivity index (χ4n) is 3.40. The predicted octanol–water partition coefficient (Wildman–Crippen LogP) is 1.74. The first kappa shape index (κ1) is 20.6. The lowest BCUT2D eigenvalue weighted by Crippen LogP contribution is -2.31. The number of nitriles is 1. The molecule has 0 bridgehead atoms. The number of amides is 1. The molecule has 0 unspecified atom stereocenters. The molecule has 1 saturated heterocycles. The largest absolute Gasteiger partial charge is 0.383 e. The summed E-state index contributed by atoms with van der Waals surface area (Å²) in [6, 6.07) is 7.26. The molecule has 0 aliphatic carbocycles. The van der Waals surface area contributed by atoms with Crippen molar-refractivity contribution in [2.24, 2.45) is 0 Å². The molecule has 8 nitrogen and oxygen atoms in total. The first-order valence-electron chi connectivity index (χ1n) is 9.81. The van der Waals surface area contributed by atoms with Gasteiger partial charge >= 0.3 is 0 Å². The number of hydrogen-bond acceptors (Lipinski definition) is 6. The number of aromatic nitrogens is 2. The van der Waals surface area contributed by atoms with Gasteiger partial charge in [0.25, 0.3) is 11.5 Å². The lowest BCUT2D eigenvalue weighted by atomic mass is 10.1. The van der Waals surface area contributed by atoms with E-state index in [0.717, 1.165) is 38.8 Å². The van der Waals surface area contributed by atoms with Gasteiger partial charge in [0.2, 0.25) is 0 Å². The Morgan fingerprint density at radius 2 is 2.07 bits per heavy atom. The van der Waals surface area contributed by atoms with Crippen LogP contribution in [0.2, 0.25) is 0 Å². The highest BCUT2D eigenvalue weighted by atomic mass is 16.5. The maximum absolute atomic E-state index is 13.2. The number of methoxy groups -OCH3 is 1. The average molecular weight is 395 g/mol. The van der Waals surface area contributed by atoms with E-state index in [4.69, 9.17) is 9.72 Å². The second-order valence-electron chi connectivity index (χ2n) is 6.90. The SMILES string of the molecule is COCCNC(=O)/C(C#N)=C/c1c(N2CCCCCC2)nc2ccccn2c1=O. The molecule has 152 valence electrons. The molecule has 1 fully saturated rings. The summed E-state index contributed by atoms with van der Waals surface area (Å²) in [5.41, 5.74) is 0.366. The van der Waals surface area contributed by atoms with Gasteiger partial charge in [-0.15, -0.1) is 0 Å². The van der Waals surface area contributed by atoms with Crippen molar-refractivity contribution in [3.05, 3.63) is 45.9 Å². The van der Waals surface area contributed by atoms with Gasteiger partial charge in [-0.05, 0) is 31.1 Å². The molecule has 29 heavy (non-hydrogen) atoms. The lowest BCUT2D eigenvalue weighted by Gasteiger charge is -2.23. The summed E-state index contributed by atoms with van der Waals surface area (Å²) < 4.78 is 6.35. The number of anilines is 1. The zero-order valence-corrected chi connectivity index (χ0v) is 16.6. The first-order chi connectivity index (χ1) is 14.2. The van der Waals surface area contributed by atoms with Crippen LogP contribution in [-0.2, 0) is 9.53 Å². The van der Waals surface area contributed by atoms with Crippen LogP contribution in [0, 0.1) is 11.3 Å². The summed E-state index contributed by atoms with van der Waals surface area (Å²) in [7, 11) is 1.53. The number of hydrogen-bond donors (Lipinski definition) is 1. The van der Waals surface area contributed by atoms with Crippen LogP contribution in [0.1, 0.15) is 31.2 Å². The Bertz CT molecular complexity index is 998. The van der Waals surface area contributed by atoms with E-state index < -0.39 is 5.91 Å². The minimum Gasteiger partial charge on any atom is -0.383 e. The smallest absolute Gasteiger partial charge is 0.267 e. The Kier molecular flexibility index (Phi) is 6.98. The number of ether oxygens (including phenoxy) is 1. The van der Waals surface area contributed by atoms with Crippen molar-refractivity contribution in [1.29, 1.82) is 5.26 Å². The molecule has 1 aliphatic rings. The maximum Gasteiger partial charge on any atom is 0.267 e. The quantitative estimate of drug-likeness (QED) is 0.454. The molecule has 1 aliphatic heterocycles. The fourth-order valence-corrected chi connectivity index (χ4v) is 3.40. The molecular weight excluding hydrogens is 370 g/mol. The van der Waals surface area contributed by atoms with Gasteiger partial charge in [0.05, 0.1) is 12.2 Å². The first-order valence-corrected chi connectivity index (χ1v) is 9.81. The highest BCUT2D eigenvalue weighted by molar-refractivity contribution is 6.02. The van der Waals surface area contributed by atoms with Crippen molar-refractivity contribution in [2.75, 3.05) is 38.3 Å². The topological polar surface area (TPSA) is 99.7 Å². The van der Waals surface area contributed by atoms with Crippen LogP contribution in [0.4, 0.5) is 5.82 Å². The third kappa shape index (κ3) is 4.81. The predicted molar refractivity (Wildman–Crippen MR) is 111 cm³/mol. The van der Waals surface area contributed by atoms with Gasteiger partial charge in [-0.25, -0.2) is 4.98 Å². The molecular formula is C21H25N5O3.